The van der Waals surface area contributed by atoms with Gasteiger partial charge < -0.3 is 10.2 Å². The number of nitrogens with zero attached hydrogens (tertiary/aromatic N) is 2. The lowest BCUT2D eigenvalue weighted by Crippen LogP contribution is -2.20. The van der Waals surface area contributed by atoms with E-state index in [9.17, 15) is 4.79 Å². The van der Waals surface area contributed by atoms with Crippen molar-refractivity contribution < 1.29 is 4.79 Å². The van der Waals surface area contributed by atoms with Crippen LogP contribution in [0.25, 0.3) is 0 Å². The van der Waals surface area contributed by atoms with Crippen LogP contribution in [0, 0.1) is 6.92 Å². The second-order valence-corrected chi connectivity index (χ2v) is 3.79. The highest BCUT2D eigenvalue weighted by Crippen LogP contribution is 2.05. The molecule has 15 heavy (non-hydrogen) atoms. The summed E-state index contributed by atoms with van der Waals surface area (Å²) in [4.78, 5) is 17.5. The van der Waals surface area contributed by atoms with Crippen LogP contribution in [-0.2, 0) is 4.79 Å². The third-order valence-electron chi connectivity index (χ3n) is 1.98. The Morgan fingerprint density at radius 1 is 1.47 bits per heavy atom. The van der Waals surface area contributed by atoms with Crippen LogP contribution in [0.5, 0.6) is 0 Å². The number of rotatable bonds is 4. The van der Waals surface area contributed by atoms with Gasteiger partial charge in [0.2, 0.25) is 5.91 Å². The number of hydrogen-bond acceptors (Lipinski definition) is 3. The zero-order chi connectivity index (χ0) is 11.3. The van der Waals surface area contributed by atoms with Crippen molar-refractivity contribution in [2.45, 2.75) is 13.3 Å². The van der Waals surface area contributed by atoms with E-state index in [1.165, 1.54) is 0 Å². The molecule has 0 saturated carbocycles. The lowest BCUT2D eigenvalue weighted by Gasteiger charge is -2.09. The third-order valence-corrected chi connectivity index (χ3v) is 1.98. The Kier molecular flexibility index (Phi) is 4.24. The number of anilines is 1. The predicted octanol–water partition coefficient (Wildman–Crippen LogP) is 1.28. The molecule has 0 saturated heterocycles. The predicted molar refractivity (Wildman–Crippen MR) is 60.8 cm³/mol. The maximum Gasteiger partial charge on any atom is 0.225 e. The monoisotopic (exact) mass is 207 g/mol. The molecular formula is C11H17N3O. The highest BCUT2D eigenvalue weighted by molar-refractivity contribution is 5.90. The van der Waals surface area contributed by atoms with E-state index in [4.69, 9.17) is 0 Å². The van der Waals surface area contributed by atoms with E-state index < -0.39 is 0 Å². The van der Waals surface area contributed by atoms with Crippen LogP contribution in [0.3, 0.4) is 0 Å². The van der Waals surface area contributed by atoms with Crippen molar-refractivity contribution in [2.24, 2.45) is 0 Å². The molecule has 1 rings (SSSR count). The Morgan fingerprint density at radius 2 is 2.20 bits per heavy atom. The summed E-state index contributed by atoms with van der Waals surface area (Å²) in [5.41, 5.74) is 1.70. The highest BCUT2D eigenvalue weighted by atomic mass is 16.1. The van der Waals surface area contributed by atoms with Crippen molar-refractivity contribution in [2.75, 3.05) is 26.0 Å². The Labute approximate surface area is 90.3 Å². The van der Waals surface area contributed by atoms with Gasteiger partial charge in [-0.1, -0.05) is 0 Å². The molecule has 0 aliphatic rings. The molecule has 1 amide bonds. The van der Waals surface area contributed by atoms with E-state index >= 15 is 0 Å². The summed E-state index contributed by atoms with van der Waals surface area (Å²) in [5.74, 6) is 0.0225. The topological polar surface area (TPSA) is 45.2 Å². The zero-order valence-corrected chi connectivity index (χ0v) is 9.45. The van der Waals surface area contributed by atoms with E-state index in [-0.39, 0.29) is 5.91 Å². The number of amides is 1. The molecule has 0 aliphatic heterocycles. The molecule has 4 nitrogen and oxygen atoms in total. The van der Waals surface area contributed by atoms with E-state index in [1.807, 2.05) is 38.1 Å². The average molecular weight is 207 g/mol. The van der Waals surface area contributed by atoms with Gasteiger partial charge in [0.05, 0.1) is 11.9 Å². The Morgan fingerprint density at radius 3 is 2.73 bits per heavy atom. The number of pyridine rings is 1. The first-order valence-electron chi connectivity index (χ1n) is 4.95. The number of aryl methyl sites for hydroxylation is 1. The molecule has 1 aromatic rings. The fraction of sp³-hybridized carbons (Fsp3) is 0.455. The van der Waals surface area contributed by atoms with E-state index in [0.29, 0.717) is 6.42 Å². The molecule has 0 atom stereocenters. The molecule has 0 fully saturated rings. The van der Waals surface area contributed by atoms with Gasteiger partial charge in [0.25, 0.3) is 0 Å². The summed E-state index contributed by atoms with van der Waals surface area (Å²) in [6.45, 7) is 2.67. The summed E-state index contributed by atoms with van der Waals surface area (Å²) in [6.07, 6.45) is 2.17. The molecule has 0 aliphatic carbocycles. The van der Waals surface area contributed by atoms with Crippen LogP contribution >= 0.6 is 0 Å². The van der Waals surface area contributed by atoms with Crippen LogP contribution in [0.4, 0.5) is 5.69 Å². The van der Waals surface area contributed by atoms with Gasteiger partial charge in [-0.3, -0.25) is 9.78 Å². The number of aromatic nitrogens is 1. The standard InChI is InChI=1S/C11H17N3O/c1-9-4-5-10(8-12-9)13-11(15)6-7-14(2)3/h4-5,8H,6-7H2,1-3H3,(H,13,15). The summed E-state index contributed by atoms with van der Waals surface area (Å²) < 4.78 is 0. The van der Waals surface area contributed by atoms with Crippen LogP contribution in [-0.4, -0.2) is 36.4 Å². The lowest BCUT2D eigenvalue weighted by atomic mass is 10.3. The molecule has 0 bridgehead atoms. The Balaban J connectivity index is 2.41. The quantitative estimate of drug-likeness (QED) is 0.809. The summed E-state index contributed by atoms with van der Waals surface area (Å²) in [7, 11) is 3.89. The number of nitrogens with one attached hydrogen (secondary N) is 1. The second kappa shape index (κ2) is 5.46. The first-order valence-corrected chi connectivity index (χ1v) is 4.95. The first-order chi connectivity index (χ1) is 7.08. The van der Waals surface area contributed by atoms with Crippen LogP contribution in [0.1, 0.15) is 12.1 Å². The minimum Gasteiger partial charge on any atom is -0.325 e. The fourth-order valence-corrected chi connectivity index (χ4v) is 1.09. The minimum absolute atomic E-state index is 0.0225. The van der Waals surface area contributed by atoms with Crippen LogP contribution in [0.2, 0.25) is 0 Å². The van der Waals surface area contributed by atoms with Gasteiger partial charge in [-0.2, -0.15) is 0 Å². The first kappa shape index (κ1) is 11.7. The number of carbonyl (C=O) groups excluding carboxylic acids is 1. The van der Waals surface area contributed by atoms with Crippen molar-refractivity contribution in [3.05, 3.63) is 24.0 Å². The smallest absolute Gasteiger partial charge is 0.225 e. The summed E-state index contributed by atoms with van der Waals surface area (Å²) in [5, 5.41) is 2.80. The van der Waals surface area contributed by atoms with E-state index in [2.05, 4.69) is 10.3 Å². The molecular weight excluding hydrogens is 190 g/mol. The summed E-state index contributed by atoms with van der Waals surface area (Å²) >= 11 is 0. The maximum atomic E-state index is 11.4. The van der Waals surface area contributed by atoms with Crippen LogP contribution in [0.15, 0.2) is 18.3 Å². The molecule has 1 heterocycles. The van der Waals surface area contributed by atoms with Gasteiger partial charge in [-0.05, 0) is 33.2 Å². The Bertz CT molecular complexity index is 319. The Hall–Kier alpha value is -1.42. The maximum absolute atomic E-state index is 11.4. The molecule has 0 unspecified atom stereocenters. The largest absolute Gasteiger partial charge is 0.325 e. The molecule has 0 radical (unpaired) electrons. The third kappa shape index (κ3) is 4.56. The molecule has 1 N–H and O–H groups in total. The lowest BCUT2D eigenvalue weighted by molar-refractivity contribution is -0.116. The fourth-order valence-electron chi connectivity index (χ4n) is 1.09. The average Bonchev–Trinajstić information content (AvgIpc) is 2.19. The van der Waals surface area contributed by atoms with E-state index in [1.54, 1.807) is 6.20 Å². The molecule has 0 spiro atoms. The number of hydrogen-bond donors (Lipinski definition) is 1. The van der Waals surface area contributed by atoms with Gasteiger partial charge in [0, 0.05) is 18.7 Å². The van der Waals surface area contributed by atoms with Crippen molar-refractivity contribution in [1.29, 1.82) is 0 Å². The van der Waals surface area contributed by atoms with Crippen molar-refractivity contribution in [3.63, 3.8) is 0 Å². The minimum atomic E-state index is 0.0225. The van der Waals surface area contributed by atoms with Crippen LogP contribution < -0.4 is 5.32 Å². The molecule has 4 heteroatoms. The highest BCUT2D eigenvalue weighted by Gasteiger charge is 2.02. The summed E-state index contributed by atoms with van der Waals surface area (Å²) in [6, 6.07) is 3.73. The van der Waals surface area contributed by atoms with Gasteiger partial charge in [-0.15, -0.1) is 0 Å². The molecule has 0 aromatic carbocycles. The SMILES string of the molecule is Cc1ccc(NC(=O)CCN(C)C)cn1. The van der Waals surface area contributed by atoms with Gasteiger partial charge in [0.1, 0.15) is 0 Å². The van der Waals surface area contributed by atoms with Gasteiger partial charge in [0.15, 0.2) is 0 Å². The molecule has 82 valence electrons. The van der Waals surface area contributed by atoms with Gasteiger partial charge in [-0.25, -0.2) is 0 Å². The number of carbonyl (C=O) groups is 1. The van der Waals surface area contributed by atoms with Gasteiger partial charge >= 0.3 is 0 Å². The normalized spacial score (nSPS) is 10.4. The zero-order valence-electron chi connectivity index (χ0n) is 9.45. The second-order valence-electron chi connectivity index (χ2n) is 3.79. The van der Waals surface area contributed by atoms with Crippen molar-refractivity contribution in [3.8, 4) is 0 Å². The van der Waals surface area contributed by atoms with E-state index in [0.717, 1.165) is 17.9 Å². The molecule has 1 aromatic heterocycles. The van der Waals surface area contributed by atoms with Crippen molar-refractivity contribution in [1.82, 2.24) is 9.88 Å². The van der Waals surface area contributed by atoms with Crippen molar-refractivity contribution >= 4 is 11.6 Å².